The minimum absolute atomic E-state index is 0.101. The van der Waals surface area contributed by atoms with Crippen LogP contribution in [0.1, 0.15) is 149 Å². The van der Waals surface area contributed by atoms with Crippen molar-refractivity contribution in [3.63, 3.8) is 0 Å². The molecule has 0 bridgehead atoms. The maximum absolute atomic E-state index is 13.6. The third-order valence-electron chi connectivity index (χ3n) is 19.8. The van der Waals surface area contributed by atoms with Gasteiger partial charge in [-0.1, -0.05) is 139 Å². The lowest BCUT2D eigenvalue weighted by molar-refractivity contribution is -0.143. The van der Waals surface area contributed by atoms with Gasteiger partial charge in [-0.05, 0) is 132 Å². The highest BCUT2D eigenvalue weighted by Gasteiger charge is 2.42. The number of fused-ring (bicyclic) bond motifs is 6. The van der Waals surface area contributed by atoms with Gasteiger partial charge in [0.05, 0.1) is 60.2 Å². The molecule has 0 saturated carbocycles. The van der Waals surface area contributed by atoms with E-state index in [9.17, 15) is 57.5 Å². The quantitative estimate of drug-likeness (QED) is 0.0142. The fraction of sp³-hybridized carbons (Fsp3) is 0.400. The zero-order valence-corrected chi connectivity index (χ0v) is 61.3. The second kappa shape index (κ2) is 35.4. The standard InChI is InChI=1S/2C40H47N5O8/c1-22(2)35(37(48)43-32-17-16-25(20-31(32)41)39(50)52-5)44-36(47)33-15-10-18-45(33)38(49)23(3)19-34(46)24(4)42-40(51)53-21-30-28-13-8-6-11-26(28)27-12-7-9-14-29(27)30;1-22(2)35(37(48)43-32-20-25(39(50)52-5)16-17-31(32)41)44-36(47)33-15-10-18-45(33)38(49)23(3)19-34(46)24(4)42-40(51)53-21-30-28-13-8-6-11-26(28)27-12-7-9-14-29(27)30/h2*6-9,11-14,16-17,20,22-24,30,33,35H,10,15,18-19,21,41H2,1-5H3,(H,42,51)(H,43,48)(H,44,47). The minimum atomic E-state index is -0.981. The van der Waals surface area contributed by atoms with Crippen LogP contribution in [0.25, 0.3) is 22.3 Å². The van der Waals surface area contributed by atoms with E-state index in [2.05, 4.69) is 31.9 Å². The maximum Gasteiger partial charge on any atom is 0.407 e. The smallest absolute Gasteiger partial charge is 0.407 e. The van der Waals surface area contributed by atoms with Gasteiger partial charge in [0, 0.05) is 49.6 Å². The van der Waals surface area contributed by atoms with E-state index in [-0.39, 0.29) is 107 Å². The fourth-order valence-corrected chi connectivity index (χ4v) is 13.9. The Morgan fingerprint density at radius 2 is 0.802 bits per heavy atom. The number of rotatable bonds is 26. The molecule has 2 saturated heterocycles. The van der Waals surface area contributed by atoms with Crippen LogP contribution in [-0.2, 0) is 57.3 Å². The monoisotopic (exact) mass is 1450 g/mol. The molecule has 2 aliphatic carbocycles. The van der Waals surface area contributed by atoms with Crippen LogP contribution in [0, 0.1) is 23.7 Å². The number of benzene rings is 6. The molecule has 106 heavy (non-hydrogen) atoms. The summed E-state index contributed by atoms with van der Waals surface area (Å²) in [6.45, 7) is 14.3. The van der Waals surface area contributed by atoms with Gasteiger partial charge >= 0.3 is 24.1 Å². The topological polar surface area (TPSA) is 372 Å². The number of alkyl carbamates (subject to hydrolysis) is 2. The summed E-state index contributed by atoms with van der Waals surface area (Å²) in [5, 5.41) is 16.2. The van der Waals surface area contributed by atoms with Crippen molar-refractivity contribution < 1.29 is 76.5 Å². The van der Waals surface area contributed by atoms with Gasteiger partial charge in [0.2, 0.25) is 35.4 Å². The predicted octanol–water partition coefficient (Wildman–Crippen LogP) is 9.30. The van der Waals surface area contributed by atoms with Crippen molar-refractivity contribution in [1.82, 2.24) is 31.1 Å². The lowest BCUT2D eigenvalue weighted by Gasteiger charge is -2.29. The summed E-state index contributed by atoms with van der Waals surface area (Å²) in [5.74, 6) is -7.10. The molecule has 8 unspecified atom stereocenters. The van der Waals surface area contributed by atoms with Gasteiger partial charge in [-0.3, -0.25) is 38.4 Å². The molecule has 2 fully saturated rings. The number of carbonyl (C=O) groups is 12. The minimum Gasteiger partial charge on any atom is -0.465 e. The van der Waals surface area contributed by atoms with Crippen molar-refractivity contribution in [2.75, 3.05) is 62.6 Å². The van der Waals surface area contributed by atoms with Crippen LogP contribution in [-0.4, -0.2) is 158 Å². The van der Waals surface area contributed by atoms with Gasteiger partial charge in [-0.25, -0.2) is 19.2 Å². The van der Waals surface area contributed by atoms with Gasteiger partial charge in [-0.2, -0.15) is 0 Å². The third-order valence-corrected chi connectivity index (χ3v) is 19.8. The average molecular weight is 1450 g/mol. The van der Waals surface area contributed by atoms with E-state index < -0.39 is 95.8 Å². The van der Waals surface area contributed by atoms with E-state index in [4.69, 9.17) is 30.4 Å². The molecule has 560 valence electrons. The number of ether oxygens (including phenoxy) is 4. The Labute approximate surface area is 616 Å². The number of hydrogen-bond acceptors (Lipinski definition) is 18. The Morgan fingerprint density at radius 1 is 0.443 bits per heavy atom. The number of nitrogens with zero attached hydrogens (tertiary/aromatic N) is 2. The summed E-state index contributed by atoms with van der Waals surface area (Å²) < 4.78 is 20.6. The lowest BCUT2D eigenvalue weighted by Crippen LogP contribution is -2.54. The number of anilines is 4. The molecule has 6 aromatic rings. The number of nitrogens with one attached hydrogen (secondary N) is 6. The zero-order valence-electron chi connectivity index (χ0n) is 61.3. The van der Waals surface area contributed by atoms with Crippen molar-refractivity contribution >= 4 is 93.9 Å². The maximum atomic E-state index is 13.6. The van der Waals surface area contributed by atoms with E-state index >= 15 is 0 Å². The highest BCUT2D eigenvalue weighted by atomic mass is 16.6. The van der Waals surface area contributed by atoms with Gasteiger partial charge in [0.25, 0.3) is 0 Å². The molecule has 2 aliphatic heterocycles. The first-order chi connectivity index (χ1) is 50.6. The van der Waals surface area contributed by atoms with Crippen LogP contribution in [0.4, 0.5) is 32.3 Å². The van der Waals surface area contributed by atoms with Crippen molar-refractivity contribution in [3.05, 3.63) is 167 Å². The molecule has 0 spiro atoms. The van der Waals surface area contributed by atoms with Crippen molar-refractivity contribution in [3.8, 4) is 22.3 Å². The van der Waals surface area contributed by atoms with Crippen LogP contribution in [0.15, 0.2) is 133 Å². The summed E-state index contributed by atoms with van der Waals surface area (Å²) >= 11 is 0. The Morgan fingerprint density at radius 3 is 1.17 bits per heavy atom. The highest BCUT2D eigenvalue weighted by Crippen LogP contribution is 2.46. The first-order valence-corrected chi connectivity index (χ1v) is 35.7. The number of likely N-dealkylation sites (tertiary alicyclic amines) is 2. The van der Waals surface area contributed by atoms with E-state index in [1.165, 1.54) is 60.4 Å². The van der Waals surface area contributed by atoms with Gasteiger partial charge in [0.15, 0.2) is 11.6 Å². The number of nitrogen functional groups attached to an aromatic ring is 2. The van der Waals surface area contributed by atoms with E-state index in [0.717, 1.165) is 44.5 Å². The summed E-state index contributed by atoms with van der Waals surface area (Å²) in [7, 11) is 2.49. The Balaban J connectivity index is 0.000000245. The largest absolute Gasteiger partial charge is 0.465 e. The van der Waals surface area contributed by atoms with E-state index in [1.807, 2.05) is 97.1 Å². The first-order valence-electron chi connectivity index (χ1n) is 35.7. The normalized spacial score (nSPS) is 16.5. The van der Waals surface area contributed by atoms with Crippen molar-refractivity contribution in [2.24, 2.45) is 23.7 Å². The zero-order chi connectivity index (χ0) is 76.8. The number of nitrogens with two attached hydrogens (primary N) is 2. The SMILES string of the molecule is COC(=O)c1ccc(N)c(NC(=O)C(NC(=O)C2CCCN2C(=O)C(C)CC(=O)C(C)NC(=O)OCC2c3ccccc3-c3ccccc32)C(C)C)c1.COC(=O)c1ccc(NC(=O)C(NC(=O)C2CCCN2C(=O)C(C)CC(=O)C(C)NC(=O)OCC2c3ccccc3-c3ccccc32)C(C)C)c(N)c1. The number of carbonyl (C=O) groups excluding carboxylic acids is 12. The fourth-order valence-electron chi connectivity index (χ4n) is 13.9. The van der Waals surface area contributed by atoms with Crippen LogP contribution >= 0.6 is 0 Å². The number of methoxy groups -OCH3 is 2. The third kappa shape index (κ3) is 18.5. The molecule has 4 aliphatic rings. The van der Waals surface area contributed by atoms with Crippen LogP contribution in [0.5, 0.6) is 0 Å². The molecular formula is C80H94N10O16. The van der Waals surface area contributed by atoms with Crippen molar-refractivity contribution in [1.29, 1.82) is 0 Å². The van der Waals surface area contributed by atoms with Crippen LogP contribution in [0.2, 0.25) is 0 Å². The van der Waals surface area contributed by atoms with Crippen LogP contribution < -0.4 is 43.4 Å². The molecule has 10 rings (SSSR count). The van der Waals surface area contributed by atoms with Crippen LogP contribution in [0.3, 0.4) is 0 Å². The molecule has 2 heterocycles. The Kier molecular flexibility index (Phi) is 26.3. The lowest BCUT2D eigenvalue weighted by atomic mass is 9.98. The number of hydrogen-bond donors (Lipinski definition) is 8. The van der Waals surface area contributed by atoms with E-state index in [0.29, 0.717) is 38.8 Å². The summed E-state index contributed by atoms with van der Waals surface area (Å²) in [5.41, 5.74) is 22.0. The highest BCUT2D eigenvalue weighted by molar-refractivity contribution is 6.04. The Bertz CT molecular complexity index is 4240. The van der Waals surface area contributed by atoms with Crippen molar-refractivity contribution in [2.45, 2.75) is 142 Å². The van der Waals surface area contributed by atoms with Gasteiger partial charge in [0.1, 0.15) is 37.4 Å². The number of ketones is 2. The molecule has 0 radical (unpaired) electrons. The number of esters is 2. The average Bonchev–Trinajstić information content (AvgIpc) is 1.62. The summed E-state index contributed by atoms with van der Waals surface area (Å²) in [6, 6.07) is 35.2. The second-order valence-corrected chi connectivity index (χ2v) is 27.9. The summed E-state index contributed by atoms with van der Waals surface area (Å²) in [4.78, 5) is 159. The van der Waals surface area contributed by atoms with Gasteiger partial charge < -0.3 is 72.1 Å². The molecule has 26 heteroatoms. The molecular weight excluding hydrogens is 1360 g/mol. The summed E-state index contributed by atoms with van der Waals surface area (Å²) in [6.07, 6.45) is 0.161. The molecule has 10 N–H and O–H groups in total. The number of amides is 8. The molecule has 8 atom stereocenters. The Hall–Kier alpha value is -11.4. The molecule has 8 amide bonds. The number of Topliss-reactive ketones (excluding diaryl/α,β-unsaturated/α-hetero) is 2. The second-order valence-electron chi connectivity index (χ2n) is 27.9. The first kappa shape index (κ1) is 78.7. The molecule has 6 aromatic carbocycles. The predicted molar refractivity (Wildman–Crippen MR) is 398 cm³/mol. The van der Waals surface area contributed by atoms with E-state index in [1.54, 1.807) is 55.4 Å². The van der Waals surface area contributed by atoms with Gasteiger partial charge in [-0.15, -0.1) is 0 Å². The molecule has 0 aromatic heterocycles. The molecule has 26 nitrogen and oxygen atoms in total.